The van der Waals surface area contributed by atoms with Crippen LogP contribution in [0.15, 0.2) is 60.8 Å². The monoisotopic (exact) mass is 377 g/mol. The Labute approximate surface area is 166 Å². The molecule has 0 saturated carbocycles. The van der Waals surface area contributed by atoms with Crippen molar-refractivity contribution in [1.82, 2.24) is 9.88 Å². The summed E-state index contributed by atoms with van der Waals surface area (Å²) in [4.78, 5) is 9.32. The quantitative estimate of drug-likeness (QED) is 0.617. The van der Waals surface area contributed by atoms with E-state index >= 15 is 0 Å². The van der Waals surface area contributed by atoms with Gasteiger partial charge in [0.05, 0.1) is 18.7 Å². The molecule has 0 atom stereocenters. The summed E-state index contributed by atoms with van der Waals surface area (Å²) in [7, 11) is 2.15. The molecule has 3 aromatic rings. The largest absolute Gasteiger partial charge is 0.457 e. The first-order valence-electron chi connectivity index (χ1n) is 9.92. The summed E-state index contributed by atoms with van der Waals surface area (Å²) in [6.45, 7) is 5.91. The maximum Gasteiger partial charge on any atom is 0.128 e. The fraction of sp³-hybridized carbons (Fsp3) is 0.348. The Bertz CT molecular complexity index is 895. The van der Waals surface area contributed by atoms with Crippen molar-refractivity contribution in [2.75, 3.05) is 51.3 Å². The predicted molar refractivity (Wildman–Crippen MR) is 113 cm³/mol. The van der Waals surface area contributed by atoms with E-state index in [1.807, 2.05) is 48.7 Å². The van der Waals surface area contributed by atoms with Gasteiger partial charge in [-0.25, -0.2) is 0 Å². The number of hydrogen-bond acceptors (Lipinski definition) is 5. The first-order chi connectivity index (χ1) is 13.8. The maximum absolute atomic E-state index is 6.02. The Balaban J connectivity index is 1.46. The third kappa shape index (κ3) is 4.61. The lowest BCUT2D eigenvalue weighted by molar-refractivity contribution is 0.0377. The highest BCUT2D eigenvalue weighted by Crippen LogP contribution is 2.30. The molecule has 0 amide bonds. The average molecular weight is 377 g/mol. The molecule has 1 saturated heterocycles. The summed E-state index contributed by atoms with van der Waals surface area (Å²) in [5.41, 5.74) is 2.17. The number of pyridine rings is 1. The van der Waals surface area contributed by atoms with Crippen LogP contribution in [0, 0.1) is 0 Å². The van der Waals surface area contributed by atoms with Crippen molar-refractivity contribution in [3.8, 4) is 11.5 Å². The van der Waals surface area contributed by atoms with Crippen molar-refractivity contribution in [2.45, 2.75) is 6.42 Å². The second-order valence-corrected chi connectivity index (χ2v) is 7.15. The van der Waals surface area contributed by atoms with Gasteiger partial charge in [-0.3, -0.25) is 9.88 Å². The first-order valence-corrected chi connectivity index (χ1v) is 9.92. The van der Waals surface area contributed by atoms with E-state index in [0.29, 0.717) is 0 Å². The van der Waals surface area contributed by atoms with Crippen LogP contribution in [0.4, 0.5) is 5.69 Å². The van der Waals surface area contributed by atoms with Crippen LogP contribution in [-0.2, 0) is 4.74 Å². The smallest absolute Gasteiger partial charge is 0.128 e. The van der Waals surface area contributed by atoms with E-state index in [-0.39, 0.29) is 0 Å². The molecule has 4 rings (SSSR count). The number of hydrogen-bond donors (Lipinski definition) is 0. The van der Waals surface area contributed by atoms with Gasteiger partial charge in [-0.05, 0) is 42.8 Å². The van der Waals surface area contributed by atoms with E-state index in [4.69, 9.17) is 9.47 Å². The summed E-state index contributed by atoms with van der Waals surface area (Å²) in [5.74, 6) is 1.67. The molecule has 0 aliphatic carbocycles. The number of fused-ring (bicyclic) bond motifs is 1. The molecule has 146 valence electrons. The Morgan fingerprint density at radius 2 is 1.86 bits per heavy atom. The molecular formula is C23H27N3O2. The summed E-state index contributed by atoms with van der Waals surface area (Å²) in [6.07, 6.45) is 3.01. The van der Waals surface area contributed by atoms with Gasteiger partial charge in [0.15, 0.2) is 0 Å². The summed E-state index contributed by atoms with van der Waals surface area (Å²) in [5, 5.41) is 1.12. The molecule has 0 spiro atoms. The standard InChI is InChI=1S/C23H27N3O2/c1-25(12-5-13-26-14-16-27-17-15-26)23-10-11-24-22-9-8-20(18-21(22)23)28-19-6-3-2-4-7-19/h2-4,6-11,18H,5,12-17H2,1H3. The van der Waals surface area contributed by atoms with Gasteiger partial charge in [0.25, 0.3) is 0 Å². The van der Waals surface area contributed by atoms with Crippen molar-refractivity contribution in [2.24, 2.45) is 0 Å². The zero-order chi connectivity index (χ0) is 19.2. The van der Waals surface area contributed by atoms with Crippen LogP contribution in [0.3, 0.4) is 0 Å². The molecule has 5 nitrogen and oxygen atoms in total. The van der Waals surface area contributed by atoms with Gasteiger partial charge in [-0.1, -0.05) is 18.2 Å². The van der Waals surface area contributed by atoms with Crippen LogP contribution in [0.1, 0.15) is 6.42 Å². The molecular weight excluding hydrogens is 350 g/mol. The lowest BCUT2D eigenvalue weighted by Gasteiger charge is -2.28. The van der Waals surface area contributed by atoms with Gasteiger partial charge in [0.1, 0.15) is 11.5 Å². The molecule has 0 unspecified atom stereocenters. The Kier molecular flexibility index (Phi) is 6.04. The average Bonchev–Trinajstić information content (AvgIpc) is 2.75. The molecule has 2 heterocycles. The molecule has 5 heteroatoms. The second-order valence-electron chi connectivity index (χ2n) is 7.15. The minimum atomic E-state index is 0.828. The highest BCUT2D eigenvalue weighted by molar-refractivity contribution is 5.92. The van der Waals surface area contributed by atoms with Crippen molar-refractivity contribution >= 4 is 16.6 Å². The number of rotatable bonds is 7. The number of benzene rings is 2. The first kappa shape index (κ1) is 18.7. The van der Waals surface area contributed by atoms with Crippen LogP contribution >= 0.6 is 0 Å². The third-order valence-corrected chi connectivity index (χ3v) is 5.15. The molecule has 1 aliphatic heterocycles. The van der Waals surface area contributed by atoms with Gasteiger partial charge < -0.3 is 14.4 Å². The van der Waals surface area contributed by atoms with Gasteiger partial charge in [0, 0.05) is 50.5 Å². The number of anilines is 1. The molecule has 0 bridgehead atoms. The molecule has 0 radical (unpaired) electrons. The Morgan fingerprint density at radius 1 is 1.04 bits per heavy atom. The molecule has 2 aromatic carbocycles. The van der Waals surface area contributed by atoms with Crippen molar-refractivity contribution in [1.29, 1.82) is 0 Å². The highest BCUT2D eigenvalue weighted by Gasteiger charge is 2.12. The number of aromatic nitrogens is 1. The fourth-order valence-corrected chi connectivity index (χ4v) is 3.61. The minimum Gasteiger partial charge on any atom is -0.457 e. The van der Waals surface area contributed by atoms with E-state index in [9.17, 15) is 0 Å². The number of ether oxygens (including phenoxy) is 2. The fourth-order valence-electron chi connectivity index (χ4n) is 3.61. The lowest BCUT2D eigenvalue weighted by Crippen LogP contribution is -2.37. The van der Waals surface area contributed by atoms with Crippen LogP contribution in [0.5, 0.6) is 11.5 Å². The maximum atomic E-state index is 6.02. The van der Waals surface area contributed by atoms with Crippen LogP contribution in [0.2, 0.25) is 0 Å². The second kappa shape index (κ2) is 9.04. The van der Waals surface area contributed by atoms with E-state index in [2.05, 4.69) is 34.0 Å². The SMILES string of the molecule is CN(CCCN1CCOCC1)c1ccnc2ccc(Oc3ccccc3)cc12. The van der Waals surface area contributed by atoms with E-state index in [0.717, 1.165) is 68.2 Å². The summed E-state index contributed by atoms with van der Waals surface area (Å²) in [6, 6.07) is 18.0. The Hall–Kier alpha value is -2.63. The van der Waals surface area contributed by atoms with Gasteiger partial charge in [0.2, 0.25) is 0 Å². The normalized spacial score (nSPS) is 14.9. The van der Waals surface area contributed by atoms with Gasteiger partial charge in [-0.15, -0.1) is 0 Å². The summed E-state index contributed by atoms with van der Waals surface area (Å²) < 4.78 is 11.4. The zero-order valence-corrected chi connectivity index (χ0v) is 16.4. The lowest BCUT2D eigenvalue weighted by atomic mass is 10.1. The minimum absolute atomic E-state index is 0.828. The number of nitrogens with zero attached hydrogens (tertiary/aromatic N) is 3. The summed E-state index contributed by atoms with van der Waals surface area (Å²) >= 11 is 0. The Morgan fingerprint density at radius 3 is 2.68 bits per heavy atom. The van der Waals surface area contributed by atoms with E-state index in [1.165, 1.54) is 5.69 Å². The van der Waals surface area contributed by atoms with Crippen LogP contribution in [0.25, 0.3) is 10.9 Å². The van der Waals surface area contributed by atoms with Crippen LogP contribution in [-0.4, -0.2) is 56.3 Å². The number of morpholine rings is 1. The van der Waals surface area contributed by atoms with Gasteiger partial charge >= 0.3 is 0 Å². The van der Waals surface area contributed by atoms with E-state index < -0.39 is 0 Å². The van der Waals surface area contributed by atoms with Crippen molar-refractivity contribution in [3.05, 3.63) is 60.8 Å². The van der Waals surface area contributed by atoms with Crippen molar-refractivity contribution < 1.29 is 9.47 Å². The molecule has 1 aliphatic rings. The third-order valence-electron chi connectivity index (χ3n) is 5.15. The molecule has 1 aromatic heterocycles. The molecule has 0 N–H and O–H groups in total. The zero-order valence-electron chi connectivity index (χ0n) is 16.4. The predicted octanol–water partition coefficient (Wildman–Crippen LogP) is 4.19. The van der Waals surface area contributed by atoms with Gasteiger partial charge in [-0.2, -0.15) is 0 Å². The highest BCUT2D eigenvalue weighted by atomic mass is 16.5. The molecule has 1 fully saturated rings. The topological polar surface area (TPSA) is 37.8 Å². The van der Waals surface area contributed by atoms with Crippen molar-refractivity contribution in [3.63, 3.8) is 0 Å². The van der Waals surface area contributed by atoms with E-state index in [1.54, 1.807) is 0 Å². The number of para-hydroxylation sites is 1. The molecule has 28 heavy (non-hydrogen) atoms. The van der Waals surface area contributed by atoms with Crippen LogP contribution < -0.4 is 9.64 Å².